The van der Waals surface area contributed by atoms with Crippen LogP contribution in [0, 0.1) is 0 Å². The zero-order valence-corrected chi connectivity index (χ0v) is 21.9. The molecule has 0 aliphatic carbocycles. The van der Waals surface area contributed by atoms with Gasteiger partial charge in [0.2, 0.25) is 0 Å². The Morgan fingerprint density at radius 1 is 0.744 bits per heavy atom. The Morgan fingerprint density at radius 2 is 1.38 bits per heavy atom. The molecule has 1 saturated heterocycles. The maximum absolute atomic E-state index is 13.5. The summed E-state index contributed by atoms with van der Waals surface area (Å²) in [4.78, 5) is 18.2. The van der Waals surface area contributed by atoms with Gasteiger partial charge in [-0.3, -0.25) is 9.69 Å². The van der Waals surface area contributed by atoms with Gasteiger partial charge in [0.25, 0.3) is 0 Å². The maximum Gasteiger partial charge on any atom is 0.193 e. The molecule has 1 N–H and O–H groups in total. The van der Waals surface area contributed by atoms with E-state index in [9.17, 15) is 9.90 Å². The Bertz CT molecular complexity index is 1580. The predicted octanol–water partition coefficient (Wildman–Crippen LogP) is 5.79. The number of hydrogen-bond donors (Lipinski definition) is 1. The molecule has 0 spiro atoms. The van der Waals surface area contributed by atoms with Gasteiger partial charge in [-0.1, -0.05) is 66.7 Å². The lowest BCUT2D eigenvalue weighted by atomic mass is 9.93. The van der Waals surface area contributed by atoms with E-state index in [0.717, 1.165) is 47.7 Å². The Hall–Kier alpha value is -4.19. The molecule has 0 radical (unpaired) electrons. The van der Waals surface area contributed by atoms with E-state index in [2.05, 4.69) is 46.2 Å². The van der Waals surface area contributed by atoms with Crippen molar-refractivity contribution in [1.29, 1.82) is 0 Å². The third kappa shape index (κ3) is 5.51. The zero-order chi connectivity index (χ0) is 26.6. The normalized spacial score (nSPS) is 14.9. The summed E-state index contributed by atoms with van der Waals surface area (Å²) in [5, 5.41) is 14.8. The molecule has 5 aromatic rings. The first-order valence-corrected chi connectivity index (χ1v) is 13.5. The third-order valence-electron chi connectivity index (χ3n) is 7.53. The SMILES string of the molecule is O=C(c1ccc(OC[C@@H](O)CN2CCN(c3ccccc3)CC2)cc1)c1cc2ccccc2c2ccccc12. The number of para-hydroxylation sites is 1. The van der Waals surface area contributed by atoms with Crippen LogP contribution in [0.25, 0.3) is 21.5 Å². The van der Waals surface area contributed by atoms with E-state index < -0.39 is 6.10 Å². The number of benzene rings is 5. The quantitative estimate of drug-likeness (QED) is 0.209. The fourth-order valence-corrected chi connectivity index (χ4v) is 5.47. The number of nitrogens with zero attached hydrogens (tertiary/aromatic N) is 2. The molecule has 1 heterocycles. The second-order valence-corrected chi connectivity index (χ2v) is 10.1. The topological polar surface area (TPSA) is 53.0 Å². The molecule has 1 aliphatic rings. The summed E-state index contributed by atoms with van der Waals surface area (Å²) in [5.41, 5.74) is 2.55. The van der Waals surface area contributed by atoms with Crippen molar-refractivity contribution in [2.24, 2.45) is 0 Å². The number of aliphatic hydroxyl groups excluding tert-OH is 1. The summed E-state index contributed by atoms with van der Waals surface area (Å²) in [5.74, 6) is 0.626. The van der Waals surface area contributed by atoms with Gasteiger partial charge in [-0.15, -0.1) is 0 Å². The molecule has 0 aromatic heterocycles. The van der Waals surface area contributed by atoms with Gasteiger partial charge in [0.05, 0.1) is 0 Å². The first kappa shape index (κ1) is 25.1. The van der Waals surface area contributed by atoms with Crippen molar-refractivity contribution in [3.05, 3.63) is 120 Å². The van der Waals surface area contributed by atoms with E-state index in [1.165, 1.54) is 5.69 Å². The van der Waals surface area contributed by atoms with E-state index in [0.29, 0.717) is 23.4 Å². The van der Waals surface area contributed by atoms with Crippen LogP contribution in [0.1, 0.15) is 15.9 Å². The van der Waals surface area contributed by atoms with Crippen LogP contribution < -0.4 is 9.64 Å². The molecule has 5 nitrogen and oxygen atoms in total. The van der Waals surface area contributed by atoms with Crippen molar-refractivity contribution in [3.8, 4) is 5.75 Å². The van der Waals surface area contributed by atoms with Gasteiger partial charge in [0, 0.05) is 49.5 Å². The van der Waals surface area contributed by atoms with E-state index in [-0.39, 0.29) is 12.4 Å². The van der Waals surface area contributed by atoms with Crippen LogP contribution in [-0.4, -0.2) is 61.2 Å². The molecule has 0 bridgehead atoms. The number of ether oxygens (including phenoxy) is 1. The summed E-state index contributed by atoms with van der Waals surface area (Å²) in [6.07, 6.45) is -0.585. The summed E-state index contributed by atoms with van der Waals surface area (Å²) in [6.45, 7) is 4.49. The number of aliphatic hydroxyl groups is 1. The highest BCUT2D eigenvalue weighted by molar-refractivity contribution is 6.22. The van der Waals surface area contributed by atoms with Crippen LogP contribution in [0.5, 0.6) is 5.75 Å². The van der Waals surface area contributed by atoms with Crippen molar-refractivity contribution in [2.75, 3.05) is 44.2 Å². The lowest BCUT2D eigenvalue weighted by molar-refractivity contribution is 0.0663. The monoisotopic (exact) mass is 516 g/mol. The van der Waals surface area contributed by atoms with Crippen LogP contribution in [0.4, 0.5) is 5.69 Å². The zero-order valence-electron chi connectivity index (χ0n) is 21.9. The number of rotatable bonds is 8. The Morgan fingerprint density at radius 3 is 2.13 bits per heavy atom. The van der Waals surface area contributed by atoms with Gasteiger partial charge >= 0.3 is 0 Å². The first-order chi connectivity index (χ1) is 19.2. The highest BCUT2D eigenvalue weighted by atomic mass is 16.5. The van der Waals surface area contributed by atoms with Crippen molar-refractivity contribution in [3.63, 3.8) is 0 Å². The number of carbonyl (C=O) groups is 1. The first-order valence-electron chi connectivity index (χ1n) is 13.5. The van der Waals surface area contributed by atoms with Gasteiger partial charge in [-0.2, -0.15) is 0 Å². The molecule has 1 fully saturated rings. The number of hydrogen-bond acceptors (Lipinski definition) is 5. The second-order valence-electron chi connectivity index (χ2n) is 10.1. The molecular weight excluding hydrogens is 484 g/mol. The second kappa shape index (κ2) is 11.3. The van der Waals surface area contributed by atoms with Crippen LogP contribution in [0.2, 0.25) is 0 Å². The Balaban J connectivity index is 1.06. The molecular formula is C34H32N2O3. The van der Waals surface area contributed by atoms with Crippen molar-refractivity contribution < 1.29 is 14.6 Å². The number of β-amino-alcohol motifs (C(OH)–C–C–N with tert-alkyl or cyclic N) is 1. The van der Waals surface area contributed by atoms with Gasteiger partial charge in [-0.05, 0) is 64.0 Å². The average molecular weight is 517 g/mol. The highest BCUT2D eigenvalue weighted by Crippen LogP contribution is 2.30. The molecule has 5 aromatic carbocycles. The molecule has 1 aliphatic heterocycles. The molecule has 0 amide bonds. The number of carbonyl (C=O) groups excluding carboxylic acids is 1. The van der Waals surface area contributed by atoms with Crippen LogP contribution in [-0.2, 0) is 0 Å². The minimum Gasteiger partial charge on any atom is -0.491 e. The molecule has 1 atom stereocenters. The standard InChI is InChI=1S/C34H32N2O3/c37-28(23-35-18-20-36(21-19-35)27-9-2-1-3-10-27)24-39-29-16-14-25(15-17-29)34(38)33-22-26-8-4-5-11-30(26)31-12-6-7-13-32(31)33/h1-17,22,28,37H,18-21,23-24H2/t28-/m0/s1. The molecule has 0 unspecified atom stereocenters. The number of ketones is 1. The maximum atomic E-state index is 13.5. The summed E-state index contributed by atoms with van der Waals surface area (Å²) in [7, 11) is 0. The van der Waals surface area contributed by atoms with E-state index in [1.807, 2.05) is 60.7 Å². The molecule has 5 heteroatoms. The van der Waals surface area contributed by atoms with Crippen molar-refractivity contribution >= 4 is 33.0 Å². The Kier molecular flexibility index (Phi) is 7.26. The number of fused-ring (bicyclic) bond motifs is 3. The van der Waals surface area contributed by atoms with Gasteiger partial charge in [0.15, 0.2) is 5.78 Å². The molecule has 6 rings (SSSR count). The fraction of sp³-hybridized carbons (Fsp3) is 0.206. The summed E-state index contributed by atoms with van der Waals surface area (Å²) >= 11 is 0. The minimum atomic E-state index is -0.585. The van der Waals surface area contributed by atoms with Crippen molar-refractivity contribution in [1.82, 2.24) is 4.90 Å². The van der Waals surface area contributed by atoms with Crippen LogP contribution >= 0.6 is 0 Å². The lowest BCUT2D eigenvalue weighted by Crippen LogP contribution is -2.49. The largest absolute Gasteiger partial charge is 0.491 e. The molecule has 0 saturated carbocycles. The van der Waals surface area contributed by atoms with Crippen LogP contribution in [0.3, 0.4) is 0 Å². The van der Waals surface area contributed by atoms with Crippen LogP contribution in [0.15, 0.2) is 109 Å². The Labute approximate surface area is 228 Å². The number of anilines is 1. The number of piperazine rings is 1. The summed E-state index contributed by atoms with van der Waals surface area (Å²) < 4.78 is 5.87. The van der Waals surface area contributed by atoms with Crippen molar-refractivity contribution in [2.45, 2.75) is 6.10 Å². The smallest absolute Gasteiger partial charge is 0.193 e. The third-order valence-corrected chi connectivity index (χ3v) is 7.53. The van der Waals surface area contributed by atoms with Gasteiger partial charge in [-0.25, -0.2) is 0 Å². The van der Waals surface area contributed by atoms with E-state index in [4.69, 9.17) is 4.74 Å². The van der Waals surface area contributed by atoms with E-state index in [1.54, 1.807) is 12.1 Å². The predicted molar refractivity (Wildman–Crippen MR) is 158 cm³/mol. The average Bonchev–Trinajstić information content (AvgIpc) is 3.00. The minimum absolute atomic E-state index is 0.0156. The molecule has 196 valence electrons. The molecule has 39 heavy (non-hydrogen) atoms. The summed E-state index contributed by atoms with van der Waals surface area (Å²) in [6, 6.07) is 35.9. The lowest BCUT2D eigenvalue weighted by Gasteiger charge is -2.36. The highest BCUT2D eigenvalue weighted by Gasteiger charge is 2.20. The van der Waals surface area contributed by atoms with Gasteiger partial charge in [0.1, 0.15) is 18.5 Å². The van der Waals surface area contributed by atoms with E-state index >= 15 is 0 Å². The fourth-order valence-electron chi connectivity index (χ4n) is 5.47. The van der Waals surface area contributed by atoms with Gasteiger partial charge < -0.3 is 14.7 Å².